The molecule has 1 amide bonds. The molecule has 1 unspecified atom stereocenters. The monoisotopic (exact) mass is 237 g/mol. The molecule has 2 heterocycles. The van der Waals surface area contributed by atoms with Crippen molar-refractivity contribution in [3.63, 3.8) is 0 Å². The smallest absolute Gasteiger partial charge is 0.255 e. The Kier molecular flexibility index (Phi) is 3.51. The van der Waals surface area contributed by atoms with E-state index in [-0.39, 0.29) is 5.91 Å². The van der Waals surface area contributed by atoms with Gasteiger partial charge < -0.3 is 15.4 Å². The molecule has 16 heavy (non-hydrogen) atoms. The molecule has 1 saturated heterocycles. The molecule has 1 aromatic heterocycles. The summed E-state index contributed by atoms with van der Waals surface area (Å²) >= 11 is 1.34. The summed E-state index contributed by atoms with van der Waals surface area (Å²) in [6.45, 7) is 1.82. The van der Waals surface area contributed by atoms with Gasteiger partial charge in [0, 0.05) is 13.1 Å². The van der Waals surface area contributed by atoms with Gasteiger partial charge in [0.1, 0.15) is 17.2 Å². The van der Waals surface area contributed by atoms with Crippen LogP contribution in [-0.2, 0) is 9.53 Å². The van der Waals surface area contributed by atoms with Crippen molar-refractivity contribution < 1.29 is 9.53 Å². The first-order valence-electron chi connectivity index (χ1n) is 4.92. The van der Waals surface area contributed by atoms with Gasteiger partial charge in [0.15, 0.2) is 0 Å². The SMILES string of the molecule is N#Cc1ccsc1NC(=O)C1CNCCO1. The molecular formula is C10H11N3O2S. The molecule has 2 N–H and O–H groups in total. The number of hydrogen-bond acceptors (Lipinski definition) is 5. The van der Waals surface area contributed by atoms with Gasteiger partial charge in [-0.1, -0.05) is 0 Å². The Morgan fingerprint density at radius 1 is 1.75 bits per heavy atom. The number of hydrogen-bond donors (Lipinski definition) is 2. The van der Waals surface area contributed by atoms with E-state index in [1.165, 1.54) is 11.3 Å². The molecule has 1 atom stereocenters. The van der Waals surface area contributed by atoms with Gasteiger partial charge in [-0.15, -0.1) is 11.3 Å². The number of rotatable bonds is 2. The van der Waals surface area contributed by atoms with Crippen LogP contribution in [0.4, 0.5) is 5.00 Å². The fourth-order valence-corrected chi connectivity index (χ4v) is 2.16. The van der Waals surface area contributed by atoms with Crippen molar-refractivity contribution in [2.24, 2.45) is 0 Å². The lowest BCUT2D eigenvalue weighted by molar-refractivity contribution is -0.128. The Bertz CT molecular complexity index is 418. The number of nitrogens with one attached hydrogen (secondary N) is 2. The van der Waals surface area contributed by atoms with Crippen LogP contribution in [0.3, 0.4) is 0 Å². The molecule has 0 saturated carbocycles. The van der Waals surface area contributed by atoms with Gasteiger partial charge >= 0.3 is 0 Å². The summed E-state index contributed by atoms with van der Waals surface area (Å²) in [7, 11) is 0. The lowest BCUT2D eigenvalue weighted by atomic mass is 10.3. The second-order valence-corrected chi connectivity index (χ2v) is 4.24. The molecule has 0 spiro atoms. The fraction of sp³-hybridized carbons (Fsp3) is 0.400. The van der Waals surface area contributed by atoms with E-state index in [2.05, 4.69) is 10.6 Å². The number of anilines is 1. The van der Waals surface area contributed by atoms with E-state index in [1.807, 2.05) is 6.07 Å². The van der Waals surface area contributed by atoms with E-state index < -0.39 is 6.10 Å². The third-order valence-electron chi connectivity index (χ3n) is 2.24. The van der Waals surface area contributed by atoms with E-state index >= 15 is 0 Å². The van der Waals surface area contributed by atoms with Crippen LogP contribution in [0.2, 0.25) is 0 Å². The fourth-order valence-electron chi connectivity index (χ4n) is 1.42. The number of thiophene rings is 1. The quantitative estimate of drug-likeness (QED) is 0.787. The molecule has 1 aliphatic rings. The van der Waals surface area contributed by atoms with E-state index in [9.17, 15) is 4.79 Å². The van der Waals surface area contributed by atoms with Crippen molar-refractivity contribution in [2.75, 3.05) is 25.0 Å². The van der Waals surface area contributed by atoms with Gasteiger partial charge in [0.05, 0.1) is 12.2 Å². The standard InChI is InChI=1S/C10H11N3O2S/c11-5-7-1-4-16-10(7)13-9(14)8-6-12-2-3-15-8/h1,4,8,12H,2-3,6H2,(H,13,14). The van der Waals surface area contributed by atoms with Gasteiger partial charge in [0.2, 0.25) is 0 Å². The van der Waals surface area contributed by atoms with Crippen molar-refractivity contribution in [1.29, 1.82) is 5.26 Å². The highest BCUT2D eigenvalue weighted by Gasteiger charge is 2.22. The maximum atomic E-state index is 11.8. The van der Waals surface area contributed by atoms with Gasteiger partial charge in [-0.25, -0.2) is 0 Å². The molecule has 5 nitrogen and oxygen atoms in total. The summed E-state index contributed by atoms with van der Waals surface area (Å²) in [4.78, 5) is 11.8. The van der Waals surface area contributed by atoms with Crippen LogP contribution in [0, 0.1) is 11.3 Å². The van der Waals surface area contributed by atoms with Crippen LogP contribution in [0.25, 0.3) is 0 Å². The molecule has 0 bridgehead atoms. The maximum Gasteiger partial charge on any atom is 0.255 e. The third-order valence-corrected chi connectivity index (χ3v) is 3.07. The van der Waals surface area contributed by atoms with Crippen LogP contribution in [0.1, 0.15) is 5.56 Å². The summed E-state index contributed by atoms with van der Waals surface area (Å²) in [6, 6.07) is 3.70. The number of amides is 1. The minimum atomic E-state index is -0.470. The average Bonchev–Trinajstić information content (AvgIpc) is 2.77. The van der Waals surface area contributed by atoms with Crippen molar-refractivity contribution in [1.82, 2.24) is 5.32 Å². The Morgan fingerprint density at radius 2 is 2.62 bits per heavy atom. The molecule has 1 aromatic rings. The first-order valence-corrected chi connectivity index (χ1v) is 5.80. The number of morpholine rings is 1. The molecule has 84 valence electrons. The number of carbonyl (C=O) groups is 1. The lowest BCUT2D eigenvalue weighted by Crippen LogP contribution is -2.45. The Labute approximate surface area is 97.0 Å². The summed E-state index contributed by atoms with van der Waals surface area (Å²) in [6.07, 6.45) is -0.470. The topological polar surface area (TPSA) is 74.2 Å². The van der Waals surface area contributed by atoms with Gasteiger partial charge in [-0.3, -0.25) is 4.79 Å². The molecule has 6 heteroatoms. The van der Waals surface area contributed by atoms with Crippen molar-refractivity contribution in [2.45, 2.75) is 6.10 Å². The second kappa shape index (κ2) is 5.07. The largest absolute Gasteiger partial charge is 0.366 e. The first-order chi connectivity index (χ1) is 7.81. The summed E-state index contributed by atoms with van der Waals surface area (Å²) in [5.41, 5.74) is 0.488. The van der Waals surface area contributed by atoms with Gasteiger partial charge in [-0.05, 0) is 11.4 Å². The van der Waals surface area contributed by atoms with E-state index in [0.717, 1.165) is 6.54 Å². The Morgan fingerprint density at radius 3 is 3.31 bits per heavy atom. The predicted molar refractivity (Wildman–Crippen MR) is 60.3 cm³/mol. The third kappa shape index (κ3) is 2.39. The van der Waals surface area contributed by atoms with E-state index in [4.69, 9.17) is 10.00 Å². The van der Waals surface area contributed by atoms with Crippen LogP contribution in [0.15, 0.2) is 11.4 Å². The molecule has 0 aliphatic carbocycles. The highest BCUT2D eigenvalue weighted by molar-refractivity contribution is 7.14. The second-order valence-electron chi connectivity index (χ2n) is 3.33. The zero-order chi connectivity index (χ0) is 11.4. The van der Waals surface area contributed by atoms with Gasteiger partial charge in [0.25, 0.3) is 5.91 Å². The minimum absolute atomic E-state index is 0.203. The van der Waals surface area contributed by atoms with Crippen molar-refractivity contribution in [3.05, 3.63) is 17.0 Å². The maximum absolute atomic E-state index is 11.8. The number of ether oxygens (including phenoxy) is 1. The number of nitrogens with zero attached hydrogens (tertiary/aromatic N) is 1. The zero-order valence-corrected chi connectivity index (χ0v) is 9.34. The highest BCUT2D eigenvalue weighted by atomic mass is 32.1. The molecule has 1 aliphatic heterocycles. The summed E-state index contributed by atoms with van der Waals surface area (Å²) in [5, 5.41) is 16.9. The van der Waals surface area contributed by atoms with Crippen LogP contribution >= 0.6 is 11.3 Å². The Balaban J connectivity index is 1.99. The van der Waals surface area contributed by atoms with E-state index in [0.29, 0.717) is 23.7 Å². The molecule has 1 fully saturated rings. The molecular weight excluding hydrogens is 226 g/mol. The molecule has 2 rings (SSSR count). The van der Waals surface area contributed by atoms with E-state index in [1.54, 1.807) is 11.4 Å². The molecule has 0 radical (unpaired) electrons. The Hall–Kier alpha value is -1.42. The van der Waals surface area contributed by atoms with Crippen LogP contribution in [-0.4, -0.2) is 31.7 Å². The number of carbonyl (C=O) groups excluding carboxylic acids is 1. The van der Waals surface area contributed by atoms with Crippen molar-refractivity contribution in [3.8, 4) is 6.07 Å². The zero-order valence-electron chi connectivity index (χ0n) is 8.53. The molecule has 0 aromatic carbocycles. The van der Waals surface area contributed by atoms with Crippen molar-refractivity contribution >= 4 is 22.2 Å². The van der Waals surface area contributed by atoms with Crippen LogP contribution < -0.4 is 10.6 Å². The predicted octanol–water partition coefficient (Wildman–Crippen LogP) is 0.547. The average molecular weight is 237 g/mol. The lowest BCUT2D eigenvalue weighted by Gasteiger charge is -2.22. The van der Waals surface area contributed by atoms with Crippen LogP contribution in [0.5, 0.6) is 0 Å². The van der Waals surface area contributed by atoms with Gasteiger partial charge in [-0.2, -0.15) is 5.26 Å². The normalized spacial score (nSPS) is 20.1. The first kappa shape index (κ1) is 11.1. The number of nitriles is 1. The summed E-state index contributed by atoms with van der Waals surface area (Å²) in [5.74, 6) is -0.203. The highest BCUT2D eigenvalue weighted by Crippen LogP contribution is 2.22. The summed E-state index contributed by atoms with van der Waals surface area (Å²) < 4.78 is 5.31. The minimum Gasteiger partial charge on any atom is -0.366 e.